The van der Waals surface area contributed by atoms with Gasteiger partial charge in [-0.05, 0) is 54.7 Å². The van der Waals surface area contributed by atoms with Gasteiger partial charge in [0.1, 0.15) is 5.76 Å². The smallest absolute Gasteiger partial charge is 0.278 e. The van der Waals surface area contributed by atoms with Gasteiger partial charge in [-0.15, -0.1) is 0 Å². The summed E-state index contributed by atoms with van der Waals surface area (Å²) in [6.45, 7) is 0. The van der Waals surface area contributed by atoms with Gasteiger partial charge in [0.25, 0.3) is 5.91 Å². The number of amides is 1. The van der Waals surface area contributed by atoms with E-state index in [2.05, 4.69) is 0 Å². The van der Waals surface area contributed by atoms with Crippen molar-refractivity contribution >= 4 is 28.5 Å². The van der Waals surface area contributed by atoms with Crippen LogP contribution in [0.15, 0.2) is 47.1 Å². The maximum Gasteiger partial charge on any atom is 0.278 e. The SMILES string of the molecule is CON(C)C(=O)c1c2c(nc3ccccc13)/C(=C\c1ccco1)CCC2. The number of aromatic nitrogens is 1. The van der Waals surface area contributed by atoms with Crippen LogP contribution in [-0.4, -0.2) is 30.1 Å². The van der Waals surface area contributed by atoms with Gasteiger partial charge >= 0.3 is 0 Å². The third-order valence-corrected chi connectivity index (χ3v) is 4.80. The molecule has 0 saturated heterocycles. The number of allylic oxidation sites excluding steroid dienone is 1. The van der Waals surface area contributed by atoms with Gasteiger partial charge in [0.2, 0.25) is 0 Å². The number of hydroxylamine groups is 2. The molecule has 132 valence electrons. The molecule has 1 amide bonds. The molecule has 4 rings (SSSR count). The fraction of sp³-hybridized carbons (Fsp3) is 0.238. The molecule has 1 aromatic carbocycles. The van der Waals surface area contributed by atoms with E-state index in [0.717, 1.165) is 52.8 Å². The standard InChI is InChI=1S/C21H20N2O3/c1-23(25-2)21(24)19-16-9-3-4-11-18(16)22-20-14(7-5-10-17(19)20)13-15-8-6-12-26-15/h3-4,6,8-9,11-13H,5,7,10H2,1-2H3/b14-13-. The Morgan fingerprint density at radius 2 is 2.08 bits per heavy atom. The molecule has 0 unspecified atom stereocenters. The van der Waals surface area contributed by atoms with Gasteiger partial charge in [-0.3, -0.25) is 9.63 Å². The zero-order chi connectivity index (χ0) is 18.1. The largest absolute Gasteiger partial charge is 0.465 e. The van der Waals surface area contributed by atoms with Crippen LogP contribution in [0.4, 0.5) is 0 Å². The first-order chi connectivity index (χ1) is 12.7. The summed E-state index contributed by atoms with van der Waals surface area (Å²) in [6, 6.07) is 11.6. The summed E-state index contributed by atoms with van der Waals surface area (Å²) in [7, 11) is 3.13. The first kappa shape index (κ1) is 16.5. The van der Waals surface area contributed by atoms with E-state index in [0.29, 0.717) is 5.56 Å². The molecular formula is C21H20N2O3. The number of fused-ring (bicyclic) bond motifs is 2. The number of pyridine rings is 1. The molecule has 5 heteroatoms. The summed E-state index contributed by atoms with van der Waals surface area (Å²) in [5.41, 5.74) is 4.47. The van der Waals surface area contributed by atoms with Crippen molar-refractivity contribution in [3.63, 3.8) is 0 Å². The van der Waals surface area contributed by atoms with Crippen LogP contribution in [0.1, 0.15) is 40.2 Å². The number of para-hydroxylation sites is 1. The molecule has 3 aromatic rings. The predicted molar refractivity (Wildman–Crippen MR) is 100 cm³/mol. The van der Waals surface area contributed by atoms with Crippen molar-refractivity contribution in [1.29, 1.82) is 0 Å². The monoisotopic (exact) mass is 348 g/mol. The summed E-state index contributed by atoms with van der Waals surface area (Å²) < 4.78 is 5.47. The Balaban J connectivity index is 1.97. The van der Waals surface area contributed by atoms with Crippen LogP contribution in [0, 0.1) is 0 Å². The lowest BCUT2D eigenvalue weighted by molar-refractivity contribution is -0.0756. The number of furan rings is 1. The van der Waals surface area contributed by atoms with Crippen molar-refractivity contribution < 1.29 is 14.0 Å². The third kappa shape index (κ3) is 2.80. The fourth-order valence-corrected chi connectivity index (χ4v) is 3.50. The molecule has 26 heavy (non-hydrogen) atoms. The molecule has 1 aliphatic carbocycles. The molecule has 0 N–H and O–H groups in total. The minimum absolute atomic E-state index is 0.151. The zero-order valence-corrected chi connectivity index (χ0v) is 14.9. The number of hydrogen-bond acceptors (Lipinski definition) is 4. The highest BCUT2D eigenvalue weighted by Crippen LogP contribution is 2.36. The number of hydrogen-bond donors (Lipinski definition) is 0. The van der Waals surface area contributed by atoms with Crippen molar-refractivity contribution in [3.05, 3.63) is 65.2 Å². The lowest BCUT2D eigenvalue weighted by Gasteiger charge is -2.24. The number of benzene rings is 1. The third-order valence-electron chi connectivity index (χ3n) is 4.80. The topological polar surface area (TPSA) is 55.6 Å². The molecule has 0 spiro atoms. The van der Waals surface area contributed by atoms with Crippen molar-refractivity contribution in [3.8, 4) is 0 Å². The van der Waals surface area contributed by atoms with E-state index in [4.69, 9.17) is 14.2 Å². The summed E-state index contributed by atoms with van der Waals surface area (Å²) in [4.78, 5) is 23.1. The number of nitrogens with zero attached hydrogens (tertiary/aromatic N) is 2. The molecular weight excluding hydrogens is 328 g/mol. The quantitative estimate of drug-likeness (QED) is 0.661. The molecule has 0 atom stereocenters. The highest BCUT2D eigenvalue weighted by atomic mass is 16.7. The van der Waals surface area contributed by atoms with Crippen LogP contribution >= 0.6 is 0 Å². The van der Waals surface area contributed by atoms with Crippen LogP contribution in [0.5, 0.6) is 0 Å². The van der Waals surface area contributed by atoms with Gasteiger partial charge in [-0.1, -0.05) is 18.2 Å². The molecule has 2 heterocycles. The van der Waals surface area contributed by atoms with E-state index >= 15 is 0 Å². The van der Waals surface area contributed by atoms with Gasteiger partial charge in [0.05, 0.1) is 30.1 Å². The normalized spacial score (nSPS) is 15.2. The lowest BCUT2D eigenvalue weighted by Crippen LogP contribution is -2.28. The van der Waals surface area contributed by atoms with Crippen molar-refractivity contribution in [1.82, 2.24) is 10.0 Å². The maximum absolute atomic E-state index is 13.0. The van der Waals surface area contributed by atoms with Gasteiger partial charge in [-0.25, -0.2) is 10.0 Å². The fourth-order valence-electron chi connectivity index (χ4n) is 3.50. The highest BCUT2D eigenvalue weighted by molar-refractivity contribution is 6.08. The Kier molecular flexibility index (Phi) is 4.31. The van der Waals surface area contributed by atoms with Crippen LogP contribution < -0.4 is 0 Å². The minimum atomic E-state index is -0.151. The van der Waals surface area contributed by atoms with Crippen molar-refractivity contribution in [2.24, 2.45) is 0 Å². The van der Waals surface area contributed by atoms with Gasteiger partial charge in [-0.2, -0.15) is 0 Å². The first-order valence-corrected chi connectivity index (χ1v) is 8.67. The van der Waals surface area contributed by atoms with E-state index in [-0.39, 0.29) is 5.91 Å². The highest BCUT2D eigenvalue weighted by Gasteiger charge is 2.26. The Bertz CT molecular complexity index is 990. The Labute approximate surface area is 151 Å². The minimum Gasteiger partial charge on any atom is -0.465 e. The molecule has 1 aliphatic rings. The van der Waals surface area contributed by atoms with Crippen molar-refractivity contribution in [2.45, 2.75) is 19.3 Å². The van der Waals surface area contributed by atoms with Crippen LogP contribution in [-0.2, 0) is 11.3 Å². The molecule has 0 saturated carbocycles. The molecule has 2 aromatic heterocycles. The average Bonchev–Trinajstić information content (AvgIpc) is 3.18. The molecule has 0 aliphatic heterocycles. The van der Waals surface area contributed by atoms with Gasteiger partial charge in [0, 0.05) is 12.4 Å². The van der Waals surface area contributed by atoms with E-state index in [1.807, 2.05) is 42.5 Å². The Morgan fingerprint density at radius 1 is 1.23 bits per heavy atom. The Morgan fingerprint density at radius 3 is 2.85 bits per heavy atom. The second-order valence-electron chi connectivity index (χ2n) is 6.35. The van der Waals surface area contributed by atoms with Crippen LogP contribution in [0.3, 0.4) is 0 Å². The van der Waals surface area contributed by atoms with Crippen molar-refractivity contribution in [2.75, 3.05) is 14.2 Å². The second-order valence-corrected chi connectivity index (χ2v) is 6.35. The molecule has 0 bridgehead atoms. The zero-order valence-electron chi connectivity index (χ0n) is 14.9. The number of carbonyl (C=O) groups excluding carboxylic acids is 1. The summed E-state index contributed by atoms with van der Waals surface area (Å²) in [5.74, 6) is 0.645. The number of rotatable bonds is 3. The lowest BCUT2D eigenvalue weighted by atomic mass is 9.86. The molecule has 5 nitrogen and oxygen atoms in total. The van der Waals surface area contributed by atoms with E-state index < -0.39 is 0 Å². The molecule has 0 fully saturated rings. The van der Waals surface area contributed by atoms with Crippen LogP contribution in [0.25, 0.3) is 22.6 Å². The first-order valence-electron chi connectivity index (χ1n) is 8.67. The van der Waals surface area contributed by atoms with E-state index in [1.54, 1.807) is 13.3 Å². The summed E-state index contributed by atoms with van der Waals surface area (Å²) in [6.07, 6.45) is 6.38. The van der Waals surface area contributed by atoms with Crippen LogP contribution in [0.2, 0.25) is 0 Å². The van der Waals surface area contributed by atoms with Gasteiger partial charge < -0.3 is 4.42 Å². The summed E-state index contributed by atoms with van der Waals surface area (Å²) >= 11 is 0. The molecule has 0 radical (unpaired) electrons. The Hall–Kier alpha value is -2.92. The summed E-state index contributed by atoms with van der Waals surface area (Å²) in [5, 5.41) is 2.13. The van der Waals surface area contributed by atoms with E-state index in [1.165, 1.54) is 12.2 Å². The second kappa shape index (κ2) is 6.77. The number of carbonyl (C=O) groups is 1. The maximum atomic E-state index is 13.0. The van der Waals surface area contributed by atoms with E-state index in [9.17, 15) is 4.79 Å². The predicted octanol–water partition coefficient (Wildman–Crippen LogP) is 4.34. The van der Waals surface area contributed by atoms with Gasteiger partial charge in [0.15, 0.2) is 0 Å². The average molecular weight is 348 g/mol.